The van der Waals surface area contributed by atoms with Gasteiger partial charge in [0.15, 0.2) is 0 Å². The van der Waals surface area contributed by atoms with E-state index in [1.165, 1.54) is 32.2 Å². The van der Waals surface area contributed by atoms with Gasteiger partial charge in [0.1, 0.15) is 6.10 Å². The molecule has 0 spiro atoms. The quantitative estimate of drug-likeness (QED) is 0.289. The monoisotopic (exact) mass is 578 g/mol. The Kier molecular flexibility index (Phi) is 7.41. The third-order valence-electron chi connectivity index (χ3n) is 6.31. The molecular weight excluding hydrogens is 559 g/mol. The van der Waals surface area contributed by atoms with Gasteiger partial charge < -0.3 is 9.47 Å². The summed E-state index contributed by atoms with van der Waals surface area (Å²) in [5.41, 5.74) is -4.45. The molecule has 2 aromatic carbocycles. The Morgan fingerprint density at radius 1 is 0.850 bits per heavy atom. The molecule has 4 rings (SSSR count). The molecule has 0 saturated carbocycles. The maximum atomic E-state index is 13.5. The van der Waals surface area contributed by atoms with Crippen molar-refractivity contribution in [1.29, 1.82) is 0 Å². The summed E-state index contributed by atoms with van der Waals surface area (Å²) < 4.78 is 131. The number of carbonyl (C=O) groups excluding carboxylic acids is 1. The van der Waals surface area contributed by atoms with Gasteiger partial charge in [-0.2, -0.15) is 39.5 Å². The second-order valence-corrected chi connectivity index (χ2v) is 8.95. The highest BCUT2D eigenvalue weighted by molar-refractivity contribution is 5.72. The largest absolute Gasteiger partial charge is 0.481 e. The third kappa shape index (κ3) is 5.94. The lowest BCUT2D eigenvalue weighted by atomic mass is 9.96. The maximum Gasteiger partial charge on any atom is 0.416 e. The summed E-state index contributed by atoms with van der Waals surface area (Å²) in [4.78, 5) is 17.9. The van der Waals surface area contributed by atoms with Crippen LogP contribution in [0.2, 0.25) is 0 Å². The van der Waals surface area contributed by atoms with Gasteiger partial charge in [-0.3, -0.25) is 4.90 Å². The first-order valence-corrected chi connectivity index (χ1v) is 11.5. The van der Waals surface area contributed by atoms with E-state index in [1.54, 1.807) is 0 Å². The van der Waals surface area contributed by atoms with Crippen molar-refractivity contribution in [1.82, 2.24) is 9.88 Å². The van der Waals surface area contributed by atoms with Crippen LogP contribution >= 0.6 is 0 Å². The molecule has 0 radical (unpaired) electrons. The molecule has 214 valence electrons. The highest BCUT2D eigenvalue weighted by Crippen LogP contribution is 2.42. The number of hydrogen-bond acceptors (Lipinski definition) is 4. The Balaban J connectivity index is 1.75. The molecule has 5 nitrogen and oxygen atoms in total. The third-order valence-corrected chi connectivity index (χ3v) is 6.31. The summed E-state index contributed by atoms with van der Waals surface area (Å²) in [7, 11) is 1.33. The number of aromatic nitrogens is 1. The molecule has 0 unspecified atom stereocenters. The second-order valence-electron chi connectivity index (χ2n) is 8.95. The predicted molar refractivity (Wildman–Crippen MR) is 122 cm³/mol. The number of alkyl halides is 9. The van der Waals surface area contributed by atoms with Crippen molar-refractivity contribution in [3.8, 4) is 17.1 Å². The number of methoxy groups -OCH3 is 1. The highest BCUT2D eigenvalue weighted by Gasteiger charge is 2.43. The Hall–Kier alpha value is -3.97. The van der Waals surface area contributed by atoms with E-state index in [1.807, 2.05) is 0 Å². The minimum absolute atomic E-state index is 0.0416. The number of hydrogen-bond donors (Lipinski definition) is 0. The van der Waals surface area contributed by atoms with Gasteiger partial charge in [0, 0.05) is 11.6 Å². The van der Waals surface area contributed by atoms with Crippen LogP contribution in [-0.2, 0) is 29.8 Å². The number of ether oxygens (including phenoxy) is 2. The number of rotatable bonds is 5. The van der Waals surface area contributed by atoms with Crippen LogP contribution in [0.5, 0.6) is 5.88 Å². The zero-order valence-electron chi connectivity index (χ0n) is 20.6. The summed E-state index contributed by atoms with van der Waals surface area (Å²) in [5, 5.41) is 0. The zero-order valence-corrected chi connectivity index (χ0v) is 20.6. The Morgan fingerprint density at radius 3 is 2.00 bits per heavy atom. The molecule has 1 aliphatic heterocycles. The van der Waals surface area contributed by atoms with E-state index in [2.05, 4.69) is 4.98 Å². The van der Waals surface area contributed by atoms with Crippen molar-refractivity contribution in [2.75, 3.05) is 7.11 Å². The summed E-state index contributed by atoms with van der Waals surface area (Å²) >= 11 is 0. The predicted octanol–water partition coefficient (Wildman–Crippen LogP) is 7.90. The number of benzene rings is 2. The summed E-state index contributed by atoms with van der Waals surface area (Å²) in [6, 6.07) is 6.96. The van der Waals surface area contributed by atoms with Crippen molar-refractivity contribution in [3.63, 3.8) is 0 Å². The van der Waals surface area contributed by atoms with E-state index in [4.69, 9.17) is 9.47 Å². The Labute approximate surface area is 221 Å². The molecule has 1 aliphatic rings. The van der Waals surface area contributed by atoms with Gasteiger partial charge in [-0.05, 0) is 54.4 Å². The number of nitrogens with zero attached hydrogens (tertiary/aromatic N) is 2. The lowest BCUT2D eigenvalue weighted by Gasteiger charge is -2.24. The molecule has 0 bridgehead atoms. The van der Waals surface area contributed by atoms with Crippen molar-refractivity contribution in [3.05, 3.63) is 82.4 Å². The van der Waals surface area contributed by atoms with Gasteiger partial charge in [0.05, 0.1) is 42.1 Å². The standard InChI is InChI=1S/C26H19F9N2O3/c1-13-22(14-8-17(25(30,31)32)11-18(9-14)26(33,34)35)40-23(38)37(13)12-15-10-16(24(27,28)29)6-7-19(15)20-4-3-5-21(36-20)39-2/h3-11,13,22H,12H2,1-2H3/t13-,22-/m0/s1. The van der Waals surface area contributed by atoms with E-state index < -0.39 is 65.6 Å². The number of amides is 1. The first-order chi connectivity index (χ1) is 18.5. The van der Waals surface area contributed by atoms with E-state index in [9.17, 15) is 44.3 Å². The normalized spacial score (nSPS) is 18.2. The second kappa shape index (κ2) is 10.2. The van der Waals surface area contributed by atoms with Crippen molar-refractivity contribution in [2.24, 2.45) is 0 Å². The minimum Gasteiger partial charge on any atom is -0.481 e. The highest BCUT2D eigenvalue weighted by atomic mass is 19.4. The molecule has 1 saturated heterocycles. The first-order valence-electron chi connectivity index (χ1n) is 11.5. The minimum atomic E-state index is -5.13. The van der Waals surface area contributed by atoms with Gasteiger partial charge in [-0.15, -0.1) is 0 Å². The van der Waals surface area contributed by atoms with Gasteiger partial charge in [-0.25, -0.2) is 9.78 Å². The number of cyclic esters (lactones) is 1. The van der Waals surface area contributed by atoms with E-state index >= 15 is 0 Å². The van der Waals surface area contributed by atoms with Crippen LogP contribution in [0.3, 0.4) is 0 Å². The number of halogens is 9. The fourth-order valence-corrected chi connectivity index (χ4v) is 4.32. The van der Waals surface area contributed by atoms with Crippen LogP contribution in [-0.4, -0.2) is 29.1 Å². The Morgan fingerprint density at radius 2 is 1.45 bits per heavy atom. The summed E-state index contributed by atoms with van der Waals surface area (Å²) in [5.74, 6) is 0.155. The van der Waals surface area contributed by atoms with E-state index in [0.29, 0.717) is 12.1 Å². The molecule has 1 aromatic heterocycles. The molecule has 0 N–H and O–H groups in total. The van der Waals surface area contributed by atoms with Crippen LogP contribution in [0.4, 0.5) is 44.3 Å². The van der Waals surface area contributed by atoms with Crippen molar-refractivity contribution in [2.45, 2.75) is 44.1 Å². The van der Waals surface area contributed by atoms with Crippen molar-refractivity contribution >= 4 is 6.09 Å². The maximum absolute atomic E-state index is 13.5. The van der Waals surface area contributed by atoms with Gasteiger partial charge in [0.25, 0.3) is 0 Å². The van der Waals surface area contributed by atoms with Crippen LogP contribution < -0.4 is 4.74 Å². The summed E-state index contributed by atoms with van der Waals surface area (Å²) in [6.45, 7) is 0.792. The van der Waals surface area contributed by atoms with Crippen LogP contribution in [0.1, 0.15) is 40.8 Å². The van der Waals surface area contributed by atoms with Crippen LogP contribution in [0.25, 0.3) is 11.3 Å². The van der Waals surface area contributed by atoms with E-state index in [0.717, 1.165) is 23.1 Å². The molecule has 14 heteroatoms. The number of carbonyl (C=O) groups is 1. The molecule has 40 heavy (non-hydrogen) atoms. The summed E-state index contributed by atoms with van der Waals surface area (Å²) in [6.07, 6.45) is -17.7. The fourth-order valence-electron chi connectivity index (χ4n) is 4.32. The van der Waals surface area contributed by atoms with Gasteiger partial charge in [0.2, 0.25) is 5.88 Å². The average Bonchev–Trinajstić information content (AvgIpc) is 3.15. The molecule has 0 aliphatic carbocycles. The van der Waals surface area contributed by atoms with Gasteiger partial charge >= 0.3 is 24.6 Å². The van der Waals surface area contributed by atoms with Crippen LogP contribution in [0.15, 0.2) is 54.6 Å². The SMILES string of the molecule is COc1cccc(-c2ccc(C(F)(F)F)cc2CN2C(=O)O[C@H](c3cc(C(F)(F)F)cc(C(F)(F)F)c3)[C@@H]2C)n1. The lowest BCUT2D eigenvalue weighted by molar-refractivity contribution is -0.143. The molecular formula is C26H19F9N2O3. The lowest BCUT2D eigenvalue weighted by Crippen LogP contribution is -2.32. The van der Waals surface area contributed by atoms with Crippen molar-refractivity contribution < 1.29 is 53.8 Å². The smallest absolute Gasteiger partial charge is 0.416 e. The molecule has 2 atom stereocenters. The fraction of sp³-hybridized carbons (Fsp3) is 0.308. The van der Waals surface area contributed by atoms with Crippen LogP contribution in [0, 0.1) is 0 Å². The number of pyridine rings is 1. The molecule has 3 aromatic rings. The average molecular weight is 578 g/mol. The molecule has 2 heterocycles. The van der Waals surface area contributed by atoms with E-state index in [-0.39, 0.29) is 28.8 Å². The van der Waals surface area contributed by atoms with Gasteiger partial charge in [-0.1, -0.05) is 12.1 Å². The Bertz CT molecular complexity index is 1390. The molecule has 1 fully saturated rings. The zero-order chi connectivity index (χ0) is 29.6. The first kappa shape index (κ1) is 29.0. The topological polar surface area (TPSA) is 51.7 Å². The molecule has 1 amide bonds.